The summed E-state index contributed by atoms with van der Waals surface area (Å²) in [6, 6.07) is 14.0. The highest BCUT2D eigenvalue weighted by Crippen LogP contribution is 2.38. The molecular weight excluding hydrogens is 527 g/mol. The van der Waals surface area contributed by atoms with Crippen LogP contribution in [0.3, 0.4) is 0 Å². The van der Waals surface area contributed by atoms with Crippen molar-refractivity contribution in [3.8, 4) is 11.5 Å². The van der Waals surface area contributed by atoms with E-state index >= 15 is 0 Å². The summed E-state index contributed by atoms with van der Waals surface area (Å²) in [5.74, 6) is -1.06. The second-order valence-corrected chi connectivity index (χ2v) is 9.10. The number of benzene rings is 3. The highest BCUT2D eigenvalue weighted by atomic mass is 35.5. The number of halogens is 3. The quantitative estimate of drug-likeness (QED) is 0.294. The molecule has 0 spiro atoms. The van der Waals surface area contributed by atoms with E-state index in [2.05, 4.69) is 5.32 Å². The first-order valence-electron chi connectivity index (χ1n) is 10.6. The van der Waals surface area contributed by atoms with Crippen LogP contribution in [0.4, 0.5) is 10.5 Å². The lowest BCUT2D eigenvalue weighted by Crippen LogP contribution is -2.54. The maximum Gasteiger partial charge on any atom is 0.335 e. The molecule has 1 aliphatic rings. The predicted molar refractivity (Wildman–Crippen MR) is 139 cm³/mol. The van der Waals surface area contributed by atoms with E-state index in [1.807, 2.05) is 6.92 Å². The van der Waals surface area contributed by atoms with E-state index < -0.39 is 17.8 Å². The van der Waals surface area contributed by atoms with Crippen LogP contribution in [0.25, 0.3) is 6.08 Å². The van der Waals surface area contributed by atoms with Crippen LogP contribution >= 0.6 is 34.8 Å². The van der Waals surface area contributed by atoms with Gasteiger partial charge in [0.25, 0.3) is 11.8 Å². The highest BCUT2D eigenvalue weighted by Gasteiger charge is 2.36. The summed E-state index contributed by atoms with van der Waals surface area (Å²) >= 11 is 18.6. The van der Waals surface area contributed by atoms with Crippen LogP contribution in [0, 0.1) is 6.92 Å². The summed E-state index contributed by atoms with van der Waals surface area (Å²) < 4.78 is 11.3. The molecule has 0 aromatic heterocycles. The Labute approximate surface area is 222 Å². The van der Waals surface area contributed by atoms with Crippen molar-refractivity contribution in [2.45, 2.75) is 13.5 Å². The Bertz CT molecular complexity index is 1400. The third-order valence-corrected chi connectivity index (χ3v) is 6.21. The van der Waals surface area contributed by atoms with Crippen molar-refractivity contribution >= 4 is 64.4 Å². The van der Waals surface area contributed by atoms with Crippen LogP contribution in [0.5, 0.6) is 11.5 Å². The van der Waals surface area contributed by atoms with Crippen molar-refractivity contribution in [1.82, 2.24) is 5.32 Å². The number of anilines is 1. The van der Waals surface area contributed by atoms with Gasteiger partial charge in [-0.25, -0.2) is 9.69 Å². The number of imide groups is 2. The van der Waals surface area contributed by atoms with Gasteiger partial charge in [-0.2, -0.15) is 0 Å². The van der Waals surface area contributed by atoms with Crippen molar-refractivity contribution in [2.24, 2.45) is 0 Å². The first-order chi connectivity index (χ1) is 17.2. The Balaban J connectivity index is 1.64. The molecule has 10 heteroatoms. The SMILES string of the molecule is COc1cc(/C=C2\C(=O)NC(=O)N(c3ccc(C)cc3)C2=O)cc(Cl)c1OCc1ccc(Cl)cc1Cl. The largest absolute Gasteiger partial charge is 0.493 e. The van der Waals surface area contributed by atoms with E-state index in [-0.39, 0.29) is 28.7 Å². The number of nitrogens with one attached hydrogen (secondary N) is 1. The minimum absolute atomic E-state index is 0.0982. The Morgan fingerprint density at radius 1 is 0.944 bits per heavy atom. The van der Waals surface area contributed by atoms with Crippen molar-refractivity contribution in [2.75, 3.05) is 12.0 Å². The molecule has 0 saturated carbocycles. The first-order valence-corrected chi connectivity index (χ1v) is 11.7. The lowest BCUT2D eigenvalue weighted by atomic mass is 10.1. The minimum Gasteiger partial charge on any atom is -0.493 e. The molecule has 0 bridgehead atoms. The van der Waals surface area contributed by atoms with Crippen molar-refractivity contribution in [1.29, 1.82) is 0 Å². The predicted octanol–water partition coefficient (Wildman–Crippen LogP) is 6.21. The number of carbonyl (C=O) groups excluding carboxylic acids is 3. The molecular formula is C26H19Cl3N2O5. The van der Waals surface area contributed by atoms with Gasteiger partial charge in [-0.1, -0.05) is 58.6 Å². The number of nitrogens with zero attached hydrogens (tertiary/aromatic N) is 1. The molecule has 4 rings (SSSR count). The number of hydrogen-bond acceptors (Lipinski definition) is 5. The molecule has 0 aliphatic carbocycles. The fourth-order valence-electron chi connectivity index (χ4n) is 3.50. The molecule has 0 unspecified atom stereocenters. The summed E-state index contributed by atoms with van der Waals surface area (Å²) in [7, 11) is 1.43. The normalized spacial score (nSPS) is 14.8. The van der Waals surface area contributed by atoms with Crippen molar-refractivity contribution in [3.63, 3.8) is 0 Å². The molecule has 184 valence electrons. The zero-order chi connectivity index (χ0) is 26.0. The Hall–Kier alpha value is -3.52. The number of ether oxygens (including phenoxy) is 2. The monoisotopic (exact) mass is 544 g/mol. The zero-order valence-corrected chi connectivity index (χ0v) is 21.4. The summed E-state index contributed by atoms with van der Waals surface area (Å²) in [5.41, 5.74) is 2.13. The maximum atomic E-state index is 13.1. The number of barbiturate groups is 1. The standard InChI is InChI=1S/C26H19Cl3N2O5/c1-14-3-7-18(8-4-14)31-25(33)19(24(32)30-26(31)34)9-15-10-21(29)23(22(11-15)35-2)36-13-16-5-6-17(27)12-20(16)28/h3-12H,13H2,1-2H3,(H,30,32,34)/b19-9+. The summed E-state index contributed by atoms with van der Waals surface area (Å²) in [4.78, 5) is 38.9. The average Bonchev–Trinajstić information content (AvgIpc) is 2.83. The fraction of sp³-hybridized carbons (Fsp3) is 0.115. The lowest BCUT2D eigenvalue weighted by Gasteiger charge is -2.26. The Kier molecular flexibility index (Phi) is 7.54. The molecule has 1 N–H and O–H groups in total. The zero-order valence-electron chi connectivity index (χ0n) is 19.1. The second-order valence-electron chi connectivity index (χ2n) is 7.85. The smallest absolute Gasteiger partial charge is 0.335 e. The topological polar surface area (TPSA) is 84.9 Å². The first kappa shape index (κ1) is 25.6. The van der Waals surface area contributed by atoms with Crippen molar-refractivity contribution < 1.29 is 23.9 Å². The molecule has 7 nitrogen and oxygen atoms in total. The highest BCUT2D eigenvalue weighted by molar-refractivity contribution is 6.39. The number of hydrogen-bond donors (Lipinski definition) is 1. The number of amides is 4. The molecule has 0 atom stereocenters. The molecule has 36 heavy (non-hydrogen) atoms. The molecule has 4 amide bonds. The Morgan fingerprint density at radius 3 is 2.33 bits per heavy atom. The number of urea groups is 1. The minimum atomic E-state index is -0.828. The van der Waals surface area contributed by atoms with Crippen LogP contribution in [0.1, 0.15) is 16.7 Å². The number of rotatable bonds is 6. The van der Waals surface area contributed by atoms with Gasteiger partial charge < -0.3 is 9.47 Å². The van der Waals surface area contributed by atoms with Crippen LogP contribution < -0.4 is 19.7 Å². The van der Waals surface area contributed by atoms with Crippen LogP contribution in [-0.2, 0) is 16.2 Å². The lowest BCUT2D eigenvalue weighted by molar-refractivity contribution is -0.122. The molecule has 3 aromatic carbocycles. The van der Waals surface area contributed by atoms with Crippen LogP contribution in [0.15, 0.2) is 60.2 Å². The second kappa shape index (κ2) is 10.6. The van der Waals surface area contributed by atoms with Gasteiger partial charge in [0.1, 0.15) is 12.2 Å². The summed E-state index contributed by atoms with van der Waals surface area (Å²) in [6.07, 6.45) is 1.33. The third-order valence-electron chi connectivity index (χ3n) is 5.34. The van der Waals surface area contributed by atoms with Gasteiger partial charge in [0, 0.05) is 15.6 Å². The van der Waals surface area contributed by atoms with Gasteiger partial charge in [0.2, 0.25) is 0 Å². The van der Waals surface area contributed by atoms with E-state index in [1.165, 1.54) is 19.3 Å². The molecule has 3 aromatic rings. The van der Waals surface area contributed by atoms with Gasteiger partial charge in [-0.05, 0) is 55.0 Å². The average molecular weight is 546 g/mol. The van der Waals surface area contributed by atoms with E-state index in [9.17, 15) is 14.4 Å². The van der Waals surface area contributed by atoms with Gasteiger partial charge in [0.15, 0.2) is 11.5 Å². The Morgan fingerprint density at radius 2 is 1.67 bits per heavy atom. The maximum absolute atomic E-state index is 13.1. The number of carbonyl (C=O) groups is 3. The number of aryl methyl sites for hydroxylation is 1. The molecule has 1 heterocycles. The molecule has 1 aliphatic heterocycles. The van der Waals surface area contributed by atoms with E-state index in [0.717, 1.165) is 10.5 Å². The van der Waals surface area contributed by atoms with Gasteiger partial charge in [0.05, 0.1) is 17.8 Å². The summed E-state index contributed by atoms with van der Waals surface area (Å²) in [5, 5.41) is 3.31. The van der Waals surface area contributed by atoms with Gasteiger partial charge in [-0.3, -0.25) is 14.9 Å². The van der Waals surface area contributed by atoms with E-state index in [0.29, 0.717) is 26.9 Å². The van der Waals surface area contributed by atoms with E-state index in [4.69, 9.17) is 44.3 Å². The molecule has 1 fully saturated rings. The summed E-state index contributed by atoms with van der Waals surface area (Å²) in [6.45, 7) is 1.98. The van der Waals surface area contributed by atoms with Crippen LogP contribution in [0.2, 0.25) is 15.1 Å². The van der Waals surface area contributed by atoms with Crippen LogP contribution in [-0.4, -0.2) is 25.0 Å². The number of methoxy groups -OCH3 is 1. The van der Waals surface area contributed by atoms with Gasteiger partial charge >= 0.3 is 6.03 Å². The van der Waals surface area contributed by atoms with Crippen molar-refractivity contribution in [3.05, 3.63) is 91.9 Å². The molecule has 0 radical (unpaired) electrons. The van der Waals surface area contributed by atoms with Gasteiger partial charge in [-0.15, -0.1) is 0 Å². The fourth-order valence-corrected chi connectivity index (χ4v) is 4.24. The van der Waals surface area contributed by atoms with E-state index in [1.54, 1.807) is 48.5 Å². The third kappa shape index (κ3) is 5.33. The molecule has 1 saturated heterocycles.